The fourth-order valence-corrected chi connectivity index (χ4v) is 3.46. The van der Waals surface area contributed by atoms with Crippen LogP contribution in [0.3, 0.4) is 0 Å². The molecule has 9 nitrogen and oxygen atoms in total. The van der Waals surface area contributed by atoms with Crippen molar-refractivity contribution in [1.29, 1.82) is 0 Å². The lowest BCUT2D eigenvalue weighted by Gasteiger charge is -2.32. The minimum Gasteiger partial charge on any atom is -0.444 e. The summed E-state index contributed by atoms with van der Waals surface area (Å²) in [5, 5.41) is 5.01. The summed E-state index contributed by atoms with van der Waals surface area (Å²) in [5.41, 5.74) is 1.69. The van der Waals surface area contributed by atoms with Crippen LogP contribution in [0.25, 0.3) is 5.57 Å². The Hall–Kier alpha value is -3.11. The molecular formula is C30H46BN3O6. The number of allylic oxidation sites excluding steroid dienone is 4. The van der Waals surface area contributed by atoms with E-state index in [0.717, 1.165) is 22.2 Å². The number of ether oxygens (including phenoxy) is 2. The second-order valence-corrected chi connectivity index (χ2v) is 13.0. The van der Waals surface area contributed by atoms with Gasteiger partial charge in [-0.2, -0.15) is 0 Å². The Labute approximate surface area is 239 Å². The van der Waals surface area contributed by atoms with Gasteiger partial charge in [-0.1, -0.05) is 30.4 Å². The minimum atomic E-state index is -0.737. The zero-order valence-electron chi connectivity index (χ0n) is 26.1. The van der Waals surface area contributed by atoms with Gasteiger partial charge in [-0.05, 0) is 111 Å². The molecule has 40 heavy (non-hydrogen) atoms. The molecule has 1 heterocycles. The molecule has 1 aliphatic rings. The molecule has 2 amide bonds. The van der Waals surface area contributed by atoms with E-state index in [1.165, 1.54) is 0 Å². The number of nitrogens with zero attached hydrogens (tertiary/aromatic N) is 1. The Kier molecular flexibility index (Phi) is 10.4. The average Bonchev–Trinajstić information content (AvgIpc) is 3.00. The largest absolute Gasteiger partial charge is 0.490 e. The molecule has 0 bridgehead atoms. The van der Waals surface area contributed by atoms with Gasteiger partial charge in [0.1, 0.15) is 11.2 Å². The highest BCUT2D eigenvalue weighted by Gasteiger charge is 2.51. The molecule has 2 N–H and O–H groups in total. The molecule has 10 heteroatoms. The van der Waals surface area contributed by atoms with E-state index in [4.69, 9.17) is 18.8 Å². The lowest BCUT2D eigenvalue weighted by Crippen LogP contribution is -2.47. The van der Waals surface area contributed by atoms with Gasteiger partial charge < -0.3 is 18.8 Å². The average molecular weight is 556 g/mol. The van der Waals surface area contributed by atoms with Crippen LogP contribution in [0.1, 0.15) is 94.2 Å². The first-order valence-electron chi connectivity index (χ1n) is 13.5. The van der Waals surface area contributed by atoms with Gasteiger partial charge >= 0.3 is 19.3 Å². The van der Waals surface area contributed by atoms with Crippen LogP contribution in [-0.2, 0) is 25.3 Å². The van der Waals surface area contributed by atoms with Crippen molar-refractivity contribution in [2.45, 2.75) is 112 Å². The molecule has 1 fully saturated rings. The number of hydrogen-bond donors (Lipinski definition) is 2. The van der Waals surface area contributed by atoms with Crippen LogP contribution < -0.4 is 10.6 Å². The molecule has 0 spiro atoms. The third-order valence-corrected chi connectivity index (χ3v) is 6.26. The first kappa shape index (κ1) is 33.1. The predicted octanol–water partition coefficient (Wildman–Crippen LogP) is 6.57. The standard InChI is InChI=1S/C30H46BN3O6/c1-20(16-17-21(2)31-39-29(9,10)30(11,12)40-31)23-15-13-14-22(18-23)19-32-24(33-25(35)37-27(3,4)5)34-26(36)38-28(6,7)8/h13-18H,19H2,1-12H3,(H2,32,33,34,35,36). The van der Waals surface area contributed by atoms with Crippen LogP contribution in [0.15, 0.2) is 46.9 Å². The lowest BCUT2D eigenvalue weighted by atomic mass is 9.79. The second-order valence-electron chi connectivity index (χ2n) is 13.0. The molecule has 2 rings (SSSR count). The summed E-state index contributed by atoms with van der Waals surface area (Å²) in [6, 6.07) is 7.87. The fraction of sp³-hybridized carbons (Fsp3) is 0.567. The Morgan fingerprint density at radius 3 is 1.88 bits per heavy atom. The number of rotatable bonds is 5. The Morgan fingerprint density at radius 1 is 0.900 bits per heavy atom. The molecule has 0 saturated carbocycles. The lowest BCUT2D eigenvalue weighted by molar-refractivity contribution is 0.00578. The van der Waals surface area contributed by atoms with E-state index in [2.05, 4.69) is 15.6 Å². The number of nitrogens with one attached hydrogen (secondary N) is 2. The van der Waals surface area contributed by atoms with Gasteiger partial charge in [-0.25, -0.2) is 14.6 Å². The van der Waals surface area contributed by atoms with Crippen LogP contribution in [0.4, 0.5) is 9.59 Å². The zero-order valence-corrected chi connectivity index (χ0v) is 26.1. The molecule has 0 aromatic heterocycles. The Bertz CT molecular complexity index is 1120. The van der Waals surface area contributed by atoms with Gasteiger partial charge in [0.15, 0.2) is 0 Å². The van der Waals surface area contributed by atoms with E-state index in [9.17, 15) is 9.59 Å². The number of amides is 2. The van der Waals surface area contributed by atoms with Gasteiger partial charge in [0.2, 0.25) is 5.96 Å². The number of hydrogen-bond acceptors (Lipinski definition) is 7. The number of carbonyl (C=O) groups is 2. The molecule has 1 aromatic carbocycles. The normalized spacial score (nSPS) is 17.2. The van der Waals surface area contributed by atoms with Crippen molar-refractivity contribution in [2.24, 2.45) is 4.99 Å². The van der Waals surface area contributed by atoms with Crippen molar-refractivity contribution in [3.05, 3.63) is 53.0 Å². The Balaban J connectivity index is 2.19. The molecule has 1 aliphatic heterocycles. The van der Waals surface area contributed by atoms with Crippen LogP contribution in [-0.4, -0.2) is 47.7 Å². The van der Waals surface area contributed by atoms with Crippen molar-refractivity contribution >= 4 is 30.8 Å². The summed E-state index contributed by atoms with van der Waals surface area (Å²) in [6.07, 6.45) is 2.57. The second kappa shape index (κ2) is 12.6. The first-order valence-corrected chi connectivity index (χ1v) is 13.5. The van der Waals surface area contributed by atoms with Gasteiger partial charge in [-0.3, -0.25) is 10.6 Å². The van der Waals surface area contributed by atoms with E-state index in [1.54, 1.807) is 41.5 Å². The first-order chi connectivity index (χ1) is 18.2. The number of guanidine groups is 1. The van der Waals surface area contributed by atoms with E-state index in [0.29, 0.717) is 0 Å². The molecule has 1 aromatic rings. The van der Waals surface area contributed by atoms with Crippen molar-refractivity contribution < 1.29 is 28.4 Å². The molecule has 0 unspecified atom stereocenters. The SMILES string of the molecule is CC(=CC=C(C)c1cccc(CN=C(NC(=O)OC(C)(C)C)NC(=O)OC(C)(C)C)c1)B1OC(C)(C)C(C)(C)O1. The van der Waals surface area contributed by atoms with E-state index >= 15 is 0 Å². The minimum absolute atomic E-state index is 0.0675. The monoisotopic (exact) mass is 555 g/mol. The van der Waals surface area contributed by atoms with Gasteiger partial charge in [0, 0.05) is 0 Å². The highest BCUT2D eigenvalue weighted by atomic mass is 16.7. The summed E-state index contributed by atoms with van der Waals surface area (Å²) in [4.78, 5) is 29.1. The van der Waals surface area contributed by atoms with Crippen molar-refractivity contribution in [2.75, 3.05) is 0 Å². The van der Waals surface area contributed by atoms with Crippen molar-refractivity contribution in [1.82, 2.24) is 10.6 Å². The fourth-order valence-electron chi connectivity index (χ4n) is 3.46. The summed E-state index contributed by atoms with van der Waals surface area (Å²) in [7, 11) is -0.400. The number of benzene rings is 1. The van der Waals surface area contributed by atoms with Gasteiger partial charge in [0.05, 0.1) is 17.7 Å². The number of carbonyl (C=O) groups excluding carboxylic acids is 2. The smallest absolute Gasteiger partial charge is 0.444 e. The van der Waals surface area contributed by atoms with Crippen LogP contribution in [0, 0.1) is 0 Å². The molecule has 0 radical (unpaired) electrons. The molecule has 0 atom stereocenters. The summed E-state index contributed by atoms with van der Waals surface area (Å²) >= 11 is 0. The van der Waals surface area contributed by atoms with Crippen LogP contribution in [0.5, 0.6) is 0 Å². The summed E-state index contributed by atoms with van der Waals surface area (Å²) < 4.78 is 22.9. The van der Waals surface area contributed by atoms with Crippen LogP contribution in [0.2, 0.25) is 0 Å². The number of aliphatic imine (C=N–C) groups is 1. The maximum atomic E-state index is 12.3. The van der Waals surface area contributed by atoms with E-state index in [-0.39, 0.29) is 12.5 Å². The topological polar surface area (TPSA) is 107 Å². The third-order valence-electron chi connectivity index (χ3n) is 6.26. The summed E-state index contributed by atoms with van der Waals surface area (Å²) in [6.45, 7) is 22.8. The highest BCUT2D eigenvalue weighted by molar-refractivity contribution is 6.54. The molecule has 1 saturated heterocycles. The van der Waals surface area contributed by atoms with E-state index in [1.807, 2.05) is 78.0 Å². The van der Waals surface area contributed by atoms with E-state index < -0.39 is 41.7 Å². The predicted molar refractivity (Wildman–Crippen MR) is 160 cm³/mol. The maximum absolute atomic E-state index is 12.3. The highest BCUT2D eigenvalue weighted by Crippen LogP contribution is 2.38. The third kappa shape index (κ3) is 10.5. The number of alkyl carbamates (subject to hydrolysis) is 2. The zero-order chi connectivity index (χ0) is 30.5. The Morgan fingerprint density at radius 2 is 1.40 bits per heavy atom. The summed E-state index contributed by atoms with van der Waals surface area (Å²) in [5.74, 6) is -0.0675. The van der Waals surface area contributed by atoms with Gasteiger partial charge in [0.25, 0.3) is 0 Å². The van der Waals surface area contributed by atoms with Crippen molar-refractivity contribution in [3.63, 3.8) is 0 Å². The molecule has 220 valence electrons. The molecule has 0 aliphatic carbocycles. The maximum Gasteiger partial charge on any atom is 0.490 e. The van der Waals surface area contributed by atoms with Crippen LogP contribution >= 0.6 is 0 Å². The quantitative estimate of drug-likeness (QED) is 0.184. The molecular weight excluding hydrogens is 509 g/mol. The van der Waals surface area contributed by atoms with Gasteiger partial charge in [-0.15, -0.1) is 0 Å². The van der Waals surface area contributed by atoms with Crippen molar-refractivity contribution in [3.8, 4) is 0 Å².